The first-order chi connectivity index (χ1) is 8.04. The Morgan fingerprint density at radius 1 is 1.29 bits per heavy atom. The van der Waals surface area contributed by atoms with Crippen molar-refractivity contribution in [1.82, 2.24) is 4.31 Å². The highest BCUT2D eigenvalue weighted by Crippen LogP contribution is 2.28. The molecule has 1 saturated carbocycles. The Kier molecular flexibility index (Phi) is 4.07. The van der Waals surface area contributed by atoms with Crippen LogP contribution in [-0.2, 0) is 14.8 Å². The number of rotatable bonds is 3. The number of nitrogens with zero attached hydrogens (tertiary/aromatic N) is 1. The van der Waals surface area contributed by atoms with Crippen LogP contribution in [0.3, 0.4) is 0 Å². The highest BCUT2D eigenvalue weighted by Gasteiger charge is 2.38. The highest BCUT2D eigenvalue weighted by atomic mass is 32.2. The summed E-state index contributed by atoms with van der Waals surface area (Å²) < 4.78 is 31.7. The zero-order valence-electron chi connectivity index (χ0n) is 10.2. The third-order valence-corrected chi connectivity index (χ3v) is 5.91. The summed E-state index contributed by atoms with van der Waals surface area (Å²) in [5.74, 6) is 0. The van der Waals surface area contributed by atoms with Crippen molar-refractivity contribution in [3.63, 3.8) is 0 Å². The van der Waals surface area contributed by atoms with Gasteiger partial charge < -0.3 is 9.84 Å². The molecule has 2 fully saturated rings. The van der Waals surface area contributed by atoms with Gasteiger partial charge in [0, 0.05) is 13.1 Å². The van der Waals surface area contributed by atoms with Gasteiger partial charge in [-0.3, -0.25) is 0 Å². The van der Waals surface area contributed by atoms with E-state index in [9.17, 15) is 8.42 Å². The first-order valence-electron chi connectivity index (χ1n) is 6.29. The van der Waals surface area contributed by atoms with Gasteiger partial charge in [0.1, 0.15) is 0 Å². The third-order valence-electron chi connectivity index (χ3n) is 3.58. The summed E-state index contributed by atoms with van der Waals surface area (Å²) in [4.78, 5) is 0. The van der Waals surface area contributed by atoms with Crippen LogP contribution >= 0.6 is 0 Å². The maximum atomic E-state index is 12.4. The second-order valence-corrected chi connectivity index (χ2v) is 7.23. The zero-order valence-corrected chi connectivity index (χ0v) is 11.0. The van der Waals surface area contributed by atoms with E-state index in [0.29, 0.717) is 13.1 Å². The van der Waals surface area contributed by atoms with Crippen molar-refractivity contribution in [1.29, 1.82) is 0 Å². The minimum absolute atomic E-state index is 0.124. The summed E-state index contributed by atoms with van der Waals surface area (Å²) in [6.07, 6.45) is 3.04. The maximum absolute atomic E-state index is 12.4. The second-order valence-electron chi connectivity index (χ2n) is 5.02. The first-order valence-corrected chi connectivity index (χ1v) is 7.79. The van der Waals surface area contributed by atoms with Gasteiger partial charge in [0.15, 0.2) is 0 Å². The second kappa shape index (κ2) is 5.22. The molecule has 1 aliphatic heterocycles. The van der Waals surface area contributed by atoms with Gasteiger partial charge in [-0.15, -0.1) is 0 Å². The lowest BCUT2D eigenvalue weighted by Crippen LogP contribution is -2.52. The van der Waals surface area contributed by atoms with E-state index in [1.807, 2.05) is 6.92 Å². The quantitative estimate of drug-likeness (QED) is 0.797. The molecule has 6 heteroatoms. The molecule has 17 heavy (non-hydrogen) atoms. The number of aliphatic hydroxyl groups is 1. The Morgan fingerprint density at radius 3 is 2.53 bits per heavy atom. The van der Waals surface area contributed by atoms with E-state index in [2.05, 4.69) is 0 Å². The molecular weight excluding hydrogens is 242 g/mol. The fourth-order valence-electron chi connectivity index (χ4n) is 2.71. The molecule has 1 aliphatic carbocycles. The molecule has 1 N–H and O–H groups in total. The molecule has 2 rings (SSSR count). The van der Waals surface area contributed by atoms with Crippen LogP contribution < -0.4 is 0 Å². The van der Waals surface area contributed by atoms with Crippen LogP contribution in [0, 0.1) is 0 Å². The van der Waals surface area contributed by atoms with Crippen LogP contribution in [-0.4, -0.2) is 55.0 Å². The summed E-state index contributed by atoms with van der Waals surface area (Å²) in [6.45, 7) is 2.43. The highest BCUT2D eigenvalue weighted by molar-refractivity contribution is 7.89. The van der Waals surface area contributed by atoms with E-state index in [-0.39, 0.29) is 24.1 Å². The summed E-state index contributed by atoms with van der Waals surface area (Å²) in [5.41, 5.74) is 0. The number of sulfonamides is 1. The summed E-state index contributed by atoms with van der Waals surface area (Å²) in [7, 11) is -3.20. The van der Waals surface area contributed by atoms with E-state index >= 15 is 0 Å². The number of aliphatic hydroxyl groups excluding tert-OH is 1. The van der Waals surface area contributed by atoms with Gasteiger partial charge in [-0.05, 0) is 19.8 Å². The molecule has 100 valence electrons. The van der Waals surface area contributed by atoms with E-state index in [1.165, 1.54) is 4.31 Å². The van der Waals surface area contributed by atoms with E-state index in [4.69, 9.17) is 9.84 Å². The normalized spacial score (nSPS) is 33.1. The van der Waals surface area contributed by atoms with Gasteiger partial charge >= 0.3 is 0 Å². The molecule has 0 bridgehead atoms. The molecule has 2 unspecified atom stereocenters. The van der Waals surface area contributed by atoms with Crippen molar-refractivity contribution >= 4 is 10.0 Å². The van der Waals surface area contributed by atoms with Gasteiger partial charge in [-0.2, -0.15) is 4.31 Å². The van der Waals surface area contributed by atoms with Crippen molar-refractivity contribution in [2.45, 2.75) is 50.1 Å². The van der Waals surface area contributed by atoms with Crippen molar-refractivity contribution in [2.24, 2.45) is 0 Å². The van der Waals surface area contributed by atoms with Gasteiger partial charge in [0.05, 0.1) is 24.1 Å². The average Bonchev–Trinajstić information content (AvgIpc) is 2.82. The largest absolute Gasteiger partial charge is 0.394 e. The predicted octanol–water partition coefficient (Wildman–Crippen LogP) is 0.340. The number of ether oxygens (including phenoxy) is 1. The average molecular weight is 263 g/mol. The van der Waals surface area contributed by atoms with Crippen LogP contribution in [0.1, 0.15) is 32.6 Å². The summed E-state index contributed by atoms with van der Waals surface area (Å²) in [6, 6.07) is 0. The third kappa shape index (κ3) is 2.81. The van der Waals surface area contributed by atoms with Crippen LogP contribution in [0.4, 0.5) is 0 Å². The lowest BCUT2D eigenvalue weighted by atomic mass is 10.2. The van der Waals surface area contributed by atoms with Crippen molar-refractivity contribution in [3.05, 3.63) is 0 Å². The molecule has 2 aliphatic rings. The number of hydrogen-bond donors (Lipinski definition) is 1. The van der Waals surface area contributed by atoms with Crippen molar-refractivity contribution in [3.8, 4) is 0 Å². The smallest absolute Gasteiger partial charge is 0.217 e. The van der Waals surface area contributed by atoms with Crippen molar-refractivity contribution in [2.75, 3.05) is 19.7 Å². The van der Waals surface area contributed by atoms with Gasteiger partial charge in [0.25, 0.3) is 0 Å². The lowest BCUT2D eigenvalue weighted by molar-refractivity contribution is -0.0752. The van der Waals surface area contributed by atoms with Crippen LogP contribution in [0.5, 0.6) is 0 Å². The minimum Gasteiger partial charge on any atom is -0.394 e. The Bertz CT molecular complexity index is 350. The molecule has 0 aromatic heterocycles. The monoisotopic (exact) mass is 263 g/mol. The molecule has 1 saturated heterocycles. The fraction of sp³-hybridized carbons (Fsp3) is 1.00. The minimum atomic E-state index is -3.20. The summed E-state index contributed by atoms with van der Waals surface area (Å²) in [5, 5.41) is 8.90. The first kappa shape index (κ1) is 13.3. The molecule has 2 atom stereocenters. The fourth-order valence-corrected chi connectivity index (χ4v) is 4.85. The van der Waals surface area contributed by atoms with Gasteiger partial charge in [-0.1, -0.05) is 12.8 Å². The topological polar surface area (TPSA) is 66.8 Å². The predicted molar refractivity (Wildman–Crippen MR) is 64.2 cm³/mol. The molecule has 0 aromatic carbocycles. The van der Waals surface area contributed by atoms with Crippen LogP contribution in [0.2, 0.25) is 0 Å². The number of morpholine rings is 1. The van der Waals surface area contributed by atoms with E-state index in [1.54, 1.807) is 0 Å². The molecule has 0 aromatic rings. The molecule has 5 nitrogen and oxygen atoms in total. The zero-order chi connectivity index (χ0) is 12.5. The molecule has 1 heterocycles. The van der Waals surface area contributed by atoms with Crippen molar-refractivity contribution < 1.29 is 18.3 Å². The molecule has 0 radical (unpaired) electrons. The summed E-state index contributed by atoms with van der Waals surface area (Å²) >= 11 is 0. The maximum Gasteiger partial charge on any atom is 0.217 e. The number of hydrogen-bond acceptors (Lipinski definition) is 4. The van der Waals surface area contributed by atoms with Gasteiger partial charge in [-0.25, -0.2) is 8.42 Å². The molecular formula is C11H21NO4S. The Labute approximate surface area is 103 Å². The Balaban J connectivity index is 2.09. The Hall–Kier alpha value is -0.170. The van der Waals surface area contributed by atoms with E-state index < -0.39 is 10.0 Å². The van der Waals surface area contributed by atoms with E-state index in [0.717, 1.165) is 25.7 Å². The van der Waals surface area contributed by atoms with Crippen LogP contribution in [0.25, 0.3) is 0 Å². The SMILES string of the molecule is CC1CN(S(=O)(=O)C2CCCC2)CC(CO)O1. The molecule has 0 spiro atoms. The molecule has 0 amide bonds. The Morgan fingerprint density at radius 2 is 1.94 bits per heavy atom. The van der Waals surface area contributed by atoms with Gasteiger partial charge in [0.2, 0.25) is 10.0 Å². The lowest BCUT2D eigenvalue weighted by Gasteiger charge is -2.36. The standard InChI is InChI=1S/C11H21NO4S/c1-9-6-12(7-10(8-13)16-9)17(14,15)11-4-2-3-5-11/h9-11,13H,2-8H2,1H3. The van der Waals surface area contributed by atoms with Crippen LogP contribution in [0.15, 0.2) is 0 Å².